The summed E-state index contributed by atoms with van der Waals surface area (Å²) in [5.74, 6) is 1.45. The molecule has 1 aliphatic rings. The number of carbonyl (C=O) groups is 1. The lowest BCUT2D eigenvalue weighted by atomic mass is 10.2. The smallest absolute Gasteiger partial charge is 0.220 e. The molecule has 124 valence electrons. The highest BCUT2D eigenvalue weighted by Gasteiger charge is 2.30. The van der Waals surface area contributed by atoms with Crippen molar-refractivity contribution in [2.45, 2.75) is 46.3 Å². The summed E-state index contributed by atoms with van der Waals surface area (Å²) in [6.45, 7) is 8.74. The molecule has 0 N–H and O–H groups in total. The van der Waals surface area contributed by atoms with Gasteiger partial charge >= 0.3 is 0 Å². The Labute approximate surface area is 140 Å². The summed E-state index contributed by atoms with van der Waals surface area (Å²) in [6, 6.07) is 0.216. The molecule has 23 heavy (non-hydrogen) atoms. The van der Waals surface area contributed by atoms with Crippen LogP contribution in [0.1, 0.15) is 34.9 Å². The molecule has 1 saturated heterocycles. The van der Waals surface area contributed by atoms with Crippen LogP contribution in [0.3, 0.4) is 0 Å². The number of oxazole rings is 1. The molecule has 3 rings (SSSR count). The SMILES string of the molecule is CC(=O)N(Cc1ncc(C)o1)C1CCN(Cc2cnc(C)s2)C1. The number of hydrogen-bond acceptors (Lipinski definition) is 6. The van der Waals surface area contributed by atoms with Gasteiger partial charge in [-0.2, -0.15) is 0 Å². The van der Waals surface area contributed by atoms with E-state index in [1.807, 2.05) is 24.9 Å². The molecule has 0 saturated carbocycles. The van der Waals surface area contributed by atoms with Gasteiger partial charge in [0, 0.05) is 43.7 Å². The van der Waals surface area contributed by atoms with Crippen LogP contribution < -0.4 is 0 Å². The zero-order valence-corrected chi connectivity index (χ0v) is 14.6. The van der Waals surface area contributed by atoms with Gasteiger partial charge in [-0.05, 0) is 20.3 Å². The minimum atomic E-state index is 0.0707. The third-order valence-corrected chi connectivity index (χ3v) is 5.01. The molecule has 6 nitrogen and oxygen atoms in total. The molecule has 0 bridgehead atoms. The van der Waals surface area contributed by atoms with Crippen molar-refractivity contribution in [2.75, 3.05) is 13.1 Å². The Morgan fingerprint density at radius 2 is 2.26 bits per heavy atom. The van der Waals surface area contributed by atoms with Gasteiger partial charge < -0.3 is 9.32 Å². The Balaban J connectivity index is 1.61. The number of rotatable bonds is 5. The lowest BCUT2D eigenvalue weighted by Gasteiger charge is -2.26. The predicted octanol–water partition coefficient (Wildman–Crippen LogP) is 2.37. The van der Waals surface area contributed by atoms with Gasteiger partial charge in [-0.15, -0.1) is 11.3 Å². The maximum Gasteiger partial charge on any atom is 0.220 e. The van der Waals surface area contributed by atoms with Gasteiger partial charge in [-0.1, -0.05) is 0 Å². The number of likely N-dealkylation sites (tertiary alicyclic amines) is 1. The first kappa shape index (κ1) is 16.1. The molecule has 2 aromatic heterocycles. The minimum absolute atomic E-state index is 0.0707. The number of amides is 1. The van der Waals surface area contributed by atoms with Crippen LogP contribution in [0.2, 0.25) is 0 Å². The Kier molecular flexibility index (Phi) is 4.77. The maximum absolute atomic E-state index is 12.0. The molecular weight excluding hydrogens is 312 g/mol. The van der Waals surface area contributed by atoms with E-state index in [4.69, 9.17) is 4.42 Å². The lowest BCUT2D eigenvalue weighted by molar-refractivity contribution is -0.132. The van der Waals surface area contributed by atoms with Crippen LogP contribution >= 0.6 is 11.3 Å². The first-order chi connectivity index (χ1) is 11.0. The second-order valence-corrected chi connectivity index (χ2v) is 7.35. The molecule has 0 radical (unpaired) electrons. The molecule has 1 aliphatic heterocycles. The van der Waals surface area contributed by atoms with E-state index in [0.717, 1.165) is 36.8 Å². The Hall–Kier alpha value is -1.73. The molecule has 1 unspecified atom stereocenters. The van der Waals surface area contributed by atoms with Gasteiger partial charge in [0.2, 0.25) is 11.8 Å². The highest BCUT2D eigenvalue weighted by atomic mass is 32.1. The van der Waals surface area contributed by atoms with Crippen LogP contribution in [-0.2, 0) is 17.9 Å². The number of carbonyl (C=O) groups excluding carboxylic acids is 1. The van der Waals surface area contributed by atoms with Crippen molar-refractivity contribution in [3.63, 3.8) is 0 Å². The lowest BCUT2D eigenvalue weighted by Crippen LogP contribution is -2.40. The van der Waals surface area contributed by atoms with Crippen LogP contribution in [0, 0.1) is 13.8 Å². The summed E-state index contributed by atoms with van der Waals surface area (Å²) in [4.78, 5) is 26.1. The number of nitrogens with zero attached hydrogens (tertiary/aromatic N) is 4. The van der Waals surface area contributed by atoms with Crippen molar-refractivity contribution in [3.8, 4) is 0 Å². The zero-order chi connectivity index (χ0) is 16.4. The molecule has 0 aliphatic carbocycles. The van der Waals surface area contributed by atoms with Crippen LogP contribution in [0.5, 0.6) is 0 Å². The van der Waals surface area contributed by atoms with Crippen molar-refractivity contribution in [1.29, 1.82) is 0 Å². The topological polar surface area (TPSA) is 62.5 Å². The van der Waals surface area contributed by atoms with Gasteiger partial charge in [-0.3, -0.25) is 9.69 Å². The van der Waals surface area contributed by atoms with Gasteiger partial charge in [-0.25, -0.2) is 9.97 Å². The van der Waals surface area contributed by atoms with E-state index >= 15 is 0 Å². The van der Waals surface area contributed by atoms with Crippen molar-refractivity contribution in [3.05, 3.63) is 33.9 Å². The minimum Gasteiger partial charge on any atom is -0.444 e. The zero-order valence-electron chi connectivity index (χ0n) is 13.8. The van der Waals surface area contributed by atoms with E-state index in [1.54, 1.807) is 24.5 Å². The number of aromatic nitrogens is 2. The predicted molar refractivity (Wildman–Crippen MR) is 88.0 cm³/mol. The molecule has 1 atom stereocenters. The van der Waals surface area contributed by atoms with Crippen molar-refractivity contribution in [1.82, 2.24) is 19.8 Å². The summed E-state index contributed by atoms with van der Waals surface area (Å²) >= 11 is 1.74. The summed E-state index contributed by atoms with van der Waals surface area (Å²) < 4.78 is 5.52. The average Bonchev–Trinajstić information content (AvgIpc) is 3.19. The quantitative estimate of drug-likeness (QED) is 0.840. The third kappa shape index (κ3) is 3.97. The van der Waals surface area contributed by atoms with Crippen molar-refractivity contribution < 1.29 is 9.21 Å². The van der Waals surface area contributed by atoms with E-state index < -0.39 is 0 Å². The van der Waals surface area contributed by atoms with Gasteiger partial charge in [0.15, 0.2) is 0 Å². The second-order valence-electron chi connectivity index (χ2n) is 6.03. The van der Waals surface area contributed by atoms with Crippen molar-refractivity contribution in [2.24, 2.45) is 0 Å². The number of hydrogen-bond donors (Lipinski definition) is 0. The fourth-order valence-electron chi connectivity index (χ4n) is 3.03. The summed E-state index contributed by atoms with van der Waals surface area (Å²) in [7, 11) is 0. The van der Waals surface area contributed by atoms with E-state index in [-0.39, 0.29) is 11.9 Å². The highest BCUT2D eigenvalue weighted by molar-refractivity contribution is 7.11. The molecule has 2 aromatic rings. The summed E-state index contributed by atoms with van der Waals surface area (Å²) in [6.07, 6.45) is 4.63. The Morgan fingerprint density at radius 3 is 2.87 bits per heavy atom. The third-order valence-electron chi connectivity index (χ3n) is 4.12. The molecule has 1 fully saturated rings. The monoisotopic (exact) mass is 334 g/mol. The van der Waals surface area contributed by atoms with E-state index in [1.165, 1.54) is 4.88 Å². The second kappa shape index (κ2) is 6.80. The Bertz CT molecular complexity index is 681. The molecular formula is C16H22N4O2S. The molecule has 1 amide bonds. The normalized spacial score (nSPS) is 18.5. The Morgan fingerprint density at radius 1 is 1.43 bits per heavy atom. The van der Waals surface area contributed by atoms with Crippen molar-refractivity contribution >= 4 is 17.2 Å². The summed E-state index contributed by atoms with van der Waals surface area (Å²) in [5, 5.41) is 1.10. The van der Waals surface area contributed by atoms with E-state index in [9.17, 15) is 4.79 Å². The van der Waals surface area contributed by atoms with Crippen LogP contribution in [-0.4, -0.2) is 44.8 Å². The maximum atomic E-state index is 12.0. The van der Waals surface area contributed by atoms with E-state index in [0.29, 0.717) is 12.4 Å². The van der Waals surface area contributed by atoms with Crippen LogP contribution in [0.25, 0.3) is 0 Å². The average molecular weight is 334 g/mol. The van der Waals surface area contributed by atoms with E-state index in [2.05, 4.69) is 14.9 Å². The molecule has 0 spiro atoms. The van der Waals surface area contributed by atoms with Gasteiger partial charge in [0.25, 0.3) is 0 Å². The molecule has 7 heteroatoms. The molecule has 0 aromatic carbocycles. The first-order valence-electron chi connectivity index (χ1n) is 7.83. The standard InChI is InChI=1S/C16H22N4O2S/c1-11-6-18-16(22-11)10-20(13(3)21)14-4-5-19(8-14)9-15-7-17-12(2)23-15/h6-7,14H,4-5,8-10H2,1-3H3. The highest BCUT2D eigenvalue weighted by Crippen LogP contribution is 2.22. The van der Waals surface area contributed by atoms with Gasteiger partial charge in [0.1, 0.15) is 5.76 Å². The van der Waals surface area contributed by atoms with Gasteiger partial charge in [0.05, 0.1) is 17.7 Å². The number of thiazole rings is 1. The van der Waals surface area contributed by atoms with Crippen LogP contribution in [0.4, 0.5) is 0 Å². The first-order valence-corrected chi connectivity index (χ1v) is 8.65. The largest absolute Gasteiger partial charge is 0.444 e. The molecule has 3 heterocycles. The number of aryl methyl sites for hydroxylation is 2. The van der Waals surface area contributed by atoms with Crippen LogP contribution in [0.15, 0.2) is 16.8 Å². The summed E-state index contributed by atoms with van der Waals surface area (Å²) in [5.41, 5.74) is 0. The fourth-order valence-corrected chi connectivity index (χ4v) is 3.86. The fraction of sp³-hybridized carbons (Fsp3) is 0.562.